The standard InChI is InChI=1S/C13H20N2O/c1-9-5-6-10(2)12(7-9)11(3)15-8-13(16)14-4/h5-7,11,15H,8H2,1-4H3,(H,14,16). The third-order valence-corrected chi connectivity index (χ3v) is 2.75. The zero-order chi connectivity index (χ0) is 12.1. The number of benzene rings is 1. The van der Waals surface area contributed by atoms with Gasteiger partial charge in [0.1, 0.15) is 0 Å². The van der Waals surface area contributed by atoms with Gasteiger partial charge in [0.05, 0.1) is 6.54 Å². The average Bonchev–Trinajstić information content (AvgIpc) is 2.28. The van der Waals surface area contributed by atoms with Crippen molar-refractivity contribution in [2.24, 2.45) is 0 Å². The zero-order valence-corrected chi connectivity index (χ0v) is 10.4. The van der Waals surface area contributed by atoms with Gasteiger partial charge >= 0.3 is 0 Å². The van der Waals surface area contributed by atoms with Crippen LogP contribution in [0.3, 0.4) is 0 Å². The third-order valence-electron chi connectivity index (χ3n) is 2.75. The minimum absolute atomic E-state index is 0.0113. The number of aryl methyl sites for hydroxylation is 2. The number of rotatable bonds is 4. The van der Waals surface area contributed by atoms with Gasteiger partial charge in [0.2, 0.25) is 5.91 Å². The maximum Gasteiger partial charge on any atom is 0.233 e. The minimum Gasteiger partial charge on any atom is -0.358 e. The average molecular weight is 220 g/mol. The number of nitrogens with one attached hydrogen (secondary N) is 2. The van der Waals surface area contributed by atoms with Crippen LogP contribution in [0.1, 0.15) is 29.7 Å². The molecule has 0 saturated heterocycles. The van der Waals surface area contributed by atoms with Crippen LogP contribution in [0.15, 0.2) is 18.2 Å². The van der Waals surface area contributed by atoms with Crippen molar-refractivity contribution in [2.75, 3.05) is 13.6 Å². The molecule has 1 amide bonds. The van der Waals surface area contributed by atoms with Gasteiger partial charge in [0.15, 0.2) is 0 Å². The second-order valence-electron chi connectivity index (χ2n) is 4.14. The van der Waals surface area contributed by atoms with E-state index in [1.54, 1.807) is 7.05 Å². The van der Waals surface area contributed by atoms with Crippen LogP contribution < -0.4 is 10.6 Å². The van der Waals surface area contributed by atoms with Crippen molar-refractivity contribution in [1.82, 2.24) is 10.6 Å². The van der Waals surface area contributed by atoms with E-state index in [4.69, 9.17) is 0 Å². The molecule has 0 bridgehead atoms. The van der Waals surface area contributed by atoms with Crippen molar-refractivity contribution in [3.63, 3.8) is 0 Å². The Labute approximate surface area is 97.2 Å². The molecule has 0 heterocycles. The van der Waals surface area contributed by atoms with Gasteiger partial charge < -0.3 is 10.6 Å². The maximum absolute atomic E-state index is 11.1. The van der Waals surface area contributed by atoms with Crippen LogP contribution >= 0.6 is 0 Å². The van der Waals surface area contributed by atoms with Crippen molar-refractivity contribution >= 4 is 5.91 Å². The smallest absolute Gasteiger partial charge is 0.233 e. The topological polar surface area (TPSA) is 41.1 Å². The van der Waals surface area contributed by atoms with Crippen LogP contribution in [0.5, 0.6) is 0 Å². The number of carbonyl (C=O) groups is 1. The van der Waals surface area contributed by atoms with E-state index < -0.39 is 0 Å². The Bertz CT molecular complexity index is 374. The van der Waals surface area contributed by atoms with E-state index in [1.807, 2.05) is 0 Å². The molecule has 0 aromatic heterocycles. The van der Waals surface area contributed by atoms with E-state index >= 15 is 0 Å². The molecule has 0 radical (unpaired) electrons. The molecular formula is C13H20N2O. The van der Waals surface area contributed by atoms with Gasteiger partial charge in [-0.25, -0.2) is 0 Å². The maximum atomic E-state index is 11.1. The molecule has 16 heavy (non-hydrogen) atoms. The van der Waals surface area contributed by atoms with Gasteiger partial charge in [-0.1, -0.05) is 23.8 Å². The van der Waals surface area contributed by atoms with Crippen LogP contribution in [0.4, 0.5) is 0 Å². The van der Waals surface area contributed by atoms with Gasteiger partial charge in [-0.15, -0.1) is 0 Å². The SMILES string of the molecule is CNC(=O)CNC(C)c1cc(C)ccc1C. The lowest BCUT2D eigenvalue weighted by molar-refractivity contribution is -0.119. The van der Waals surface area contributed by atoms with Crippen LogP contribution in [0.2, 0.25) is 0 Å². The molecule has 88 valence electrons. The Balaban J connectivity index is 2.68. The fourth-order valence-corrected chi connectivity index (χ4v) is 1.67. The van der Waals surface area contributed by atoms with Crippen molar-refractivity contribution in [3.8, 4) is 0 Å². The Kier molecular flexibility index (Phi) is 4.50. The van der Waals surface area contributed by atoms with E-state index in [0.717, 1.165) is 0 Å². The number of hydrogen-bond donors (Lipinski definition) is 2. The molecule has 0 aliphatic rings. The Morgan fingerprint density at radius 2 is 2.06 bits per heavy atom. The molecule has 3 nitrogen and oxygen atoms in total. The molecule has 2 N–H and O–H groups in total. The van der Waals surface area contributed by atoms with Crippen molar-refractivity contribution in [2.45, 2.75) is 26.8 Å². The number of hydrogen-bond acceptors (Lipinski definition) is 2. The molecular weight excluding hydrogens is 200 g/mol. The van der Waals surface area contributed by atoms with Crippen LogP contribution in [-0.4, -0.2) is 19.5 Å². The summed E-state index contributed by atoms with van der Waals surface area (Å²) in [4.78, 5) is 11.1. The third kappa shape index (κ3) is 3.35. The van der Waals surface area contributed by atoms with Crippen LogP contribution in [-0.2, 0) is 4.79 Å². The summed E-state index contributed by atoms with van der Waals surface area (Å²) >= 11 is 0. The zero-order valence-electron chi connectivity index (χ0n) is 10.4. The molecule has 1 aromatic carbocycles. The molecule has 1 aromatic rings. The highest BCUT2D eigenvalue weighted by Crippen LogP contribution is 2.18. The monoisotopic (exact) mass is 220 g/mol. The van der Waals surface area contributed by atoms with Gasteiger partial charge in [0.25, 0.3) is 0 Å². The van der Waals surface area contributed by atoms with Crippen molar-refractivity contribution < 1.29 is 4.79 Å². The van der Waals surface area contributed by atoms with E-state index in [9.17, 15) is 4.79 Å². The molecule has 1 unspecified atom stereocenters. The van der Waals surface area contributed by atoms with Crippen molar-refractivity contribution in [1.29, 1.82) is 0 Å². The number of likely N-dealkylation sites (N-methyl/N-ethyl adjacent to an activating group) is 1. The number of amides is 1. The first kappa shape index (κ1) is 12.7. The highest BCUT2D eigenvalue weighted by molar-refractivity contribution is 5.77. The molecule has 0 saturated carbocycles. The first-order valence-electron chi connectivity index (χ1n) is 5.55. The minimum atomic E-state index is 0.0113. The summed E-state index contributed by atoms with van der Waals surface area (Å²) in [5.74, 6) is 0.0113. The Morgan fingerprint density at radius 3 is 2.69 bits per heavy atom. The van der Waals surface area contributed by atoms with Crippen molar-refractivity contribution in [3.05, 3.63) is 34.9 Å². The van der Waals surface area contributed by atoms with E-state index in [0.29, 0.717) is 6.54 Å². The Hall–Kier alpha value is -1.35. The second-order valence-corrected chi connectivity index (χ2v) is 4.14. The first-order chi connectivity index (χ1) is 7.54. The fraction of sp³-hybridized carbons (Fsp3) is 0.462. The Morgan fingerprint density at radius 1 is 1.38 bits per heavy atom. The van der Waals surface area contributed by atoms with Gasteiger partial charge in [-0.3, -0.25) is 4.79 Å². The predicted octanol–water partition coefficient (Wildman–Crippen LogP) is 1.70. The molecule has 1 atom stereocenters. The molecule has 0 aliphatic heterocycles. The van der Waals surface area contributed by atoms with Crippen LogP contribution in [0.25, 0.3) is 0 Å². The normalized spacial score (nSPS) is 12.2. The lowest BCUT2D eigenvalue weighted by Gasteiger charge is -2.16. The van der Waals surface area contributed by atoms with Gasteiger partial charge in [0, 0.05) is 13.1 Å². The fourth-order valence-electron chi connectivity index (χ4n) is 1.67. The lowest BCUT2D eigenvalue weighted by Crippen LogP contribution is -2.33. The highest BCUT2D eigenvalue weighted by Gasteiger charge is 2.09. The largest absolute Gasteiger partial charge is 0.358 e. The summed E-state index contributed by atoms with van der Waals surface area (Å²) in [7, 11) is 1.65. The van der Waals surface area contributed by atoms with E-state index in [1.165, 1.54) is 16.7 Å². The molecule has 0 aliphatic carbocycles. The van der Waals surface area contributed by atoms with E-state index in [2.05, 4.69) is 49.6 Å². The molecule has 1 rings (SSSR count). The predicted molar refractivity (Wildman–Crippen MR) is 66.4 cm³/mol. The van der Waals surface area contributed by atoms with Gasteiger partial charge in [-0.2, -0.15) is 0 Å². The van der Waals surface area contributed by atoms with Gasteiger partial charge in [-0.05, 0) is 31.9 Å². The summed E-state index contributed by atoms with van der Waals surface area (Å²) < 4.78 is 0. The molecule has 0 fully saturated rings. The summed E-state index contributed by atoms with van der Waals surface area (Å²) in [5, 5.41) is 5.80. The van der Waals surface area contributed by atoms with Crippen LogP contribution in [0, 0.1) is 13.8 Å². The molecule has 3 heteroatoms. The highest BCUT2D eigenvalue weighted by atomic mass is 16.1. The van der Waals surface area contributed by atoms with E-state index in [-0.39, 0.29) is 11.9 Å². The number of carbonyl (C=O) groups excluding carboxylic acids is 1. The summed E-state index contributed by atoms with van der Waals surface area (Å²) in [5.41, 5.74) is 3.75. The summed E-state index contributed by atoms with van der Waals surface area (Å²) in [6, 6.07) is 6.57. The molecule has 0 spiro atoms. The summed E-state index contributed by atoms with van der Waals surface area (Å²) in [6.45, 7) is 6.59. The summed E-state index contributed by atoms with van der Waals surface area (Å²) in [6.07, 6.45) is 0. The second kappa shape index (κ2) is 5.66. The lowest BCUT2D eigenvalue weighted by atomic mass is 10.00. The quantitative estimate of drug-likeness (QED) is 0.811. The first-order valence-corrected chi connectivity index (χ1v) is 5.55.